The zero-order valence-corrected chi connectivity index (χ0v) is 9.44. The first-order valence-electron chi connectivity index (χ1n) is 4.80. The summed E-state index contributed by atoms with van der Waals surface area (Å²) in [6.07, 6.45) is 3.07. The Morgan fingerprint density at radius 1 is 1.64 bits per heavy atom. The topological polar surface area (TPSA) is 24.9 Å². The fourth-order valence-electron chi connectivity index (χ4n) is 1.53. The van der Waals surface area contributed by atoms with E-state index in [0.717, 1.165) is 34.8 Å². The second-order valence-corrected chi connectivity index (χ2v) is 4.88. The number of hydrogen-bond donors (Lipinski definition) is 1. The van der Waals surface area contributed by atoms with Crippen LogP contribution in [0.25, 0.3) is 0 Å². The molecular weight excluding hydrogens is 216 g/mol. The lowest BCUT2D eigenvalue weighted by atomic mass is 10.2. The molecule has 0 amide bonds. The van der Waals surface area contributed by atoms with Crippen LogP contribution in [0.15, 0.2) is 23.4 Å². The fraction of sp³-hybridized carbons (Fsp3) is 0.500. The minimum absolute atomic E-state index is 0.767. The maximum absolute atomic E-state index is 6.01. The first-order valence-corrected chi connectivity index (χ1v) is 6.16. The highest BCUT2D eigenvalue weighted by Gasteiger charge is 2.15. The molecule has 1 aromatic rings. The van der Waals surface area contributed by atoms with Crippen molar-refractivity contribution in [3.8, 4) is 0 Å². The van der Waals surface area contributed by atoms with Gasteiger partial charge in [0.25, 0.3) is 0 Å². The van der Waals surface area contributed by atoms with Gasteiger partial charge in [-0.15, -0.1) is 11.8 Å². The maximum atomic E-state index is 6.01. The minimum atomic E-state index is 0.767. The molecule has 2 nitrogen and oxygen atoms in total. The first kappa shape index (κ1) is 10.3. The van der Waals surface area contributed by atoms with Crippen molar-refractivity contribution in [2.24, 2.45) is 5.92 Å². The van der Waals surface area contributed by atoms with Gasteiger partial charge in [-0.25, -0.2) is 4.98 Å². The van der Waals surface area contributed by atoms with Gasteiger partial charge in [-0.2, -0.15) is 0 Å². The number of thioether (sulfide) groups is 1. The molecule has 1 unspecified atom stereocenters. The van der Waals surface area contributed by atoms with Crippen molar-refractivity contribution in [1.82, 2.24) is 10.3 Å². The first-order chi connectivity index (χ1) is 6.86. The second-order valence-electron chi connectivity index (χ2n) is 3.46. The largest absolute Gasteiger partial charge is 0.316 e. The molecule has 1 N–H and O–H groups in total. The summed E-state index contributed by atoms with van der Waals surface area (Å²) >= 11 is 7.77. The molecule has 0 saturated carbocycles. The third-order valence-electron chi connectivity index (χ3n) is 2.34. The summed E-state index contributed by atoms with van der Waals surface area (Å²) in [5.41, 5.74) is 0. The van der Waals surface area contributed by atoms with Crippen molar-refractivity contribution >= 4 is 23.4 Å². The average molecular weight is 229 g/mol. The molecule has 1 aliphatic rings. The van der Waals surface area contributed by atoms with Crippen molar-refractivity contribution in [2.45, 2.75) is 11.4 Å². The van der Waals surface area contributed by atoms with Crippen LogP contribution in [0.3, 0.4) is 0 Å². The molecule has 4 heteroatoms. The molecule has 1 aliphatic heterocycles. The van der Waals surface area contributed by atoms with Gasteiger partial charge in [0.05, 0.1) is 5.02 Å². The molecule has 2 rings (SSSR count). The zero-order chi connectivity index (χ0) is 9.80. The third-order valence-corrected chi connectivity index (χ3v) is 4.00. The van der Waals surface area contributed by atoms with Crippen molar-refractivity contribution in [3.63, 3.8) is 0 Å². The van der Waals surface area contributed by atoms with Crippen LogP contribution in [0.4, 0.5) is 0 Å². The molecule has 0 bridgehead atoms. The SMILES string of the molecule is Clc1cccnc1SCC1CCNC1. The molecule has 1 atom stereocenters. The molecule has 0 spiro atoms. The number of hydrogen-bond acceptors (Lipinski definition) is 3. The third kappa shape index (κ3) is 2.62. The normalized spacial score (nSPS) is 21.4. The summed E-state index contributed by atoms with van der Waals surface area (Å²) < 4.78 is 0. The molecule has 1 aromatic heterocycles. The molecule has 0 aliphatic carbocycles. The summed E-state index contributed by atoms with van der Waals surface area (Å²) in [7, 11) is 0. The molecular formula is C10H13ClN2S. The maximum Gasteiger partial charge on any atom is 0.115 e. The van der Waals surface area contributed by atoms with Crippen molar-refractivity contribution < 1.29 is 0 Å². The van der Waals surface area contributed by atoms with Gasteiger partial charge in [-0.1, -0.05) is 11.6 Å². The van der Waals surface area contributed by atoms with Crippen LogP contribution < -0.4 is 5.32 Å². The lowest BCUT2D eigenvalue weighted by Gasteiger charge is -2.07. The Balaban J connectivity index is 1.88. The van der Waals surface area contributed by atoms with Gasteiger partial charge < -0.3 is 5.32 Å². The second kappa shape index (κ2) is 5.01. The van der Waals surface area contributed by atoms with Gasteiger partial charge in [0.1, 0.15) is 5.03 Å². The van der Waals surface area contributed by atoms with Crippen LogP contribution in [-0.4, -0.2) is 23.8 Å². The van der Waals surface area contributed by atoms with E-state index in [9.17, 15) is 0 Å². The highest BCUT2D eigenvalue weighted by molar-refractivity contribution is 7.99. The molecule has 1 saturated heterocycles. The van der Waals surface area contributed by atoms with Crippen molar-refractivity contribution in [2.75, 3.05) is 18.8 Å². The number of nitrogens with zero attached hydrogens (tertiary/aromatic N) is 1. The number of halogens is 1. The van der Waals surface area contributed by atoms with E-state index in [-0.39, 0.29) is 0 Å². The highest BCUT2D eigenvalue weighted by atomic mass is 35.5. The summed E-state index contributed by atoms with van der Waals surface area (Å²) in [4.78, 5) is 4.25. The van der Waals surface area contributed by atoms with Gasteiger partial charge in [0, 0.05) is 11.9 Å². The zero-order valence-electron chi connectivity index (χ0n) is 7.87. The van der Waals surface area contributed by atoms with Crippen LogP contribution in [0.5, 0.6) is 0 Å². The fourth-order valence-corrected chi connectivity index (χ4v) is 2.84. The van der Waals surface area contributed by atoms with E-state index in [4.69, 9.17) is 11.6 Å². The highest BCUT2D eigenvalue weighted by Crippen LogP contribution is 2.27. The van der Waals surface area contributed by atoms with Crippen LogP contribution >= 0.6 is 23.4 Å². The Morgan fingerprint density at radius 2 is 2.57 bits per heavy atom. The van der Waals surface area contributed by atoms with Gasteiger partial charge in [-0.05, 0) is 37.6 Å². The van der Waals surface area contributed by atoms with Crippen molar-refractivity contribution in [3.05, 3.63) is 23.4 Å². The Bertz CT molecular complexity index is 300. The van der Waals surface area contributed by atoms with Crippen LogP contribution in [0.1, 0.15) is 6.42 Å². The number of aromatic nitrogens is 1. The smallest absolute Gasteiger partial charge is 0.115 e. The van der Waals surface area contributed by atoms with Gasteiger partial charge >= 0.3 is 0 Å². The average Bonchev–Trinajstić information content (AvgIpc) is 2.69. The van der Waals surface area contributed by atoms with Crippen molar-refractivity contribution in [1.29, 1.82) is 0 Å². The van der Waals surface area contributed by atoms with Gasteiger partial charge in [-0.3, -0.25) is 0 Å². The molecule has 1 fully saturated rings. The van der Waals surface area contributed by atoms with Gasteiger partial charge in [0.15, 0.2) is 0 Å². The van der Waals surface area contributed by atoms with E-state index in [2.05, 4.69) is 10.3 Å². The Labute approximate surface area is 93.4 Å². The Hall–Kier alpha value is -0.250. The van der Waals surface area contributed by atoms with Crippen LogP contribution in [0.2, 0.25) is 5.02 Å². The van der Waals surface area contributed by atoms with E-state index in [0.29, 0.717) is 0 Å². The number of rotatable bonds is 3. The lowest BCUT2D eigenvalue weighted by molar-refractivity contribution is 0.662. The Kier molecular flexibility index (Phi) is 3.67. The summed E-state index contributed by atoms with van der Waals surface area (Å²) in [6, 6.07) is 3.76. The molecule has 2 heterocycles. The quantitative estimate of drug-likeness (QED) is 0.805. The predicted octanol–water partition coefficient (Wildman–Crippen LogP) is 2.44. The summed E-state index contributed by atoms with van der Waals surface area (Å²) in [6.45, 7) is 2.29. The summed E-state index contributed by atoms with van der Waals surface area (Å²) in [5.74, 6) is 1.89. The van der Waals surface area contributed by atoms with E-state index in [1.807, 2.05) is 12.1 Å². The molecule has 0 aromatic carbocycles. The van der Waals surface area contributed by atoms with Crippen LogP contribution in [0, 0.1) is 5.92 Å². The Morgan fingerprint density at radius 3 is 3.29 bits per heavy atom. The van der Waals surface area contributed by atoms with E-state index >= 15 is 0 Å². The lowest BCUT2D eigenvalue weighted by Crippen LogP contribution is -2.10. The monoisotopic (exact) mass is 228 g/mol. The van der Waals surface area contributed by atoms with E-state index < -0.39 is 0 Å². The summed E-state index contributed by atoms with van der Waals surface area (Å²) in [5, 5.41) is 5.08. The van der Waals surface area contributed by atoms with Crippen LogP contribution in [-0.2, 0) is 0 Å². The van der Waals surface area contributed by atoms with Gasteiger partial charge in [0.2, 0.25) is 0 Å². The number of nitrogens with one attached hydrogen (secondary N) is 1. The molecule has 76 valence electrons. The minimum Gasteiger partial charge on any atom is -0.316 e. The predicted molar refractivity (Wildman–Crippen MR) is 60.9 cm³/mol. The van der Waals surface area contributed by atoms with E-state index in [1.54, 1.807) is 18.0 Å². The molecule has 14 heavy (non-hydrogen) atoms. The number of pyridine rings is 1. The molecule has 0 radical (unpaired) electrons. The standard InChI is InChI=1S/C10H13ClN2S/c11-9-2-1-4-13-10(9)14-7-8-3-5-12-6-8/h1-2,4,8,12H,3,5-7H2. The van der Waals surface area contributed by atoms with E-state index in [1.165, 1.54) is 6.42 Å².